The highest BCUT2D eigenvalue weighted by Gasteiger charge is 2.21. The molecule has 0 aliphatic carbocycles. The average molecular weight is 304 g/mol. The minimum absolute atomic E-state index is 0.00474. The number of thiophene rings is 1. The molecule has 6 heteroatoms. The lowest BCUT2D eigenvalue weighted by molar-refractivity contribution is 0.0681. The van der Waals surface area contributed by atoms with Gasteiger partial charge in [0.1, 0.15) is 11.4 Å². The zero-order valence-electron chi connectivity index (χ0n) is 11.8. The molecule has 1 N–H and O–H groups in total. The summed E-state index contributed by atoms with van der Waals surface area (Å²) in [4.78, 5) is 30.2. The van der Waals surface area contributed by atoms with Gasteiger partial charge in [0.25, 0.3) is 5.91 Å². The standard InChI is InChI=1S/C15H16N2O3S/c1-10(2)17(9-11-5-4-8-21-11)14(18)12-6-3-7-13(16-12)15(19)20/h3-8,10H,9H2,1-2H3,(H,19,20). The maximum absolute atomic E-state index is 12.6. The zero-order valence-corrected chi connectivity index (χ0v) is 12.6. The van der Waals surface area contributed by atoms with Crippen molar-refractivity contribution in [2.45, 2.75) is 26.4 Å². The van der Waals surface area contributed by atoms with E-state index in [-0.39, 0.29) is 23.3 Å². The maximum atomic E-state index is 12.6. The summed E-state index contributed by atoms with van der Waals surface area (Å²) in [5.41, 5.74) is 0.0286. The van der Waals surface area contributed by atoms with Gasteiger partial charge in [-0.25, -0.2) is 9.78 Å². The van der Waals surface area contributed by atoms with Crippen LogP contribution in [-0.2, 0) is 6.54 Å². The van der Waals surface area contributed by atoms with Gasteiger partial charge in [0.15, 0.2) is 0 Å². The Labute approximate surface area is 126 Å². The molecule has 2 heterocycles. The molecule has 0 fully saturated rings. The van der Waals surface area contributed by atoms with Gasteiger partial charge in [-0.15, -0.1) is 11.3 Å². The minimum Gasteiger partial charge on any atom is -0.477 e. The van der Waals surface area contributed by atoms with Gasteiger partial charge in [-0.05, 0) is 37.4 Å². The van der Waals surface area contributed by atoms with Gasteiger partial charge in [0.05, 0.1) is 6.54 Å². The third-order valence-corrected chi connectivity index (χ3v) is 3.84. The summed E-state index contributed by atoms with van der Waals surface area (Å²) >= 11 is 1.58. The first-order chi connectivity index (χ1) is 9.99. The lowest BCUT2D eigenvalue weighted by Crippen LogP contribution is -2.36. The molecule has 0 aliphatic rings. The monoisotopic (exact) mass is 304 g/mol. The van der Waals surface area contributed by atoms with Crippen molar-refractivity contribution >= 4 is 23.2 Å². The number of hydrogen-bond donors (Lipinski definition) is 1. The van der Waals surface area contributed by atoms with E-state index >= 15 is 0 Å². The van der Waals surface area contributed by atoms with Crippen LogP contribution in [-0.4, -0.2) is 32.9 Å². The fourth-order valence-corrected chi connectivity index (χ4v) is 2.58. The Morgan fingerprint density at radius 1 is 1.24 bits per heavy atom. The van der Waals surface area contributed by atoms with Gasteiger partial charge in [-0.1, -0.05) is 12.1 Å². The maximum Gasteiger partial charge on any atom is 0.354 e. The second-order valence-electron chi connectivity index (χ2n) is 4.82. The van der Waals surface area contributed by atoms with Crippen molar-refractivity contribution < 1.29 is 14.7 Å². The van der Waals surface area contributed by atoms with Crippen molar-refractivity contribution in [3.8, 4) is 0 Å². The molecule has 0 aliphatic heterocycles. The normalized spacial score (nSPS) is 10.6. The van der Waals surface area contributed by atoms with Crippen LogP contribution in [0.3, 0.4) is 0 Å². The number of aromatic nitrogens is 1. The van der Waals surface area contributed by atoms with E-state index in [1.807, 2.05) is 31.4 Å². The van der Waals surface area contributed by atoms with Gasteiger partial charge < -0.3 is 10.0 Å². The molecule has 0 radical (unpaired) electrons. The second kappa shape index (κ2) is 6.49. The van der Waals surface area contributed by atoms with Crippen molar-refractivity contribution in [3.63, 3.8) is 0 Å². The van der Waals surface area contributed by atoms with Gasteiger partial charge in [-0.2, -0.15) is 0 Å². The summed E-state index contributed by atoms with van der Waals surface area (Å²) in [6.45, 7) is 4.34. The topological polar surface area (TPSA) is 70.5 Å². The number of amides is 1. The summed E-state index contributed by atoms with van der Waals surface area (Å²) in [5.74, 6) is -1.40. The van der Waals surface area contributed by atoms with E-state index in [0.717, 1.165) is 4.88 Å². The number of carboxylic acids is 1. The fraction of sp³-hybridized carbons (Fsp3) is 0.267. The summed E-state index contributed by atoms with van der Waals surface area (Å²) in [6, 6.07) is 8.35. The molecule has 0 saturated heterocycles. The van der Waals surface area contributed by atoms with E-state index in [4.69, 9.17) is 5.11 Å². The summed E-state index contributed by atoms with van der Waals surface area (Å²) in [7, 11) is 0. The highest BCUT2D eigenvalue weighted by atomic mass is 32.1. The number of hydrogen-bond acceptors (Lipinski definition) is 4. The molecule has 2 aromatic heterocycles. The fourth-order valence-electron chi connectivity index (χ4n) is 1.88. The van der Waals surface area contributed by atoms with E-state index in [2.05, 4.69) is 4.98 Å². The molecule has 0 aromatic carbocycles. The number of aromatic carboxylic acids is 1. The largest absolute Gasteiger partial charge is 0.477 e. The molecule has 1 amide bonds. The van der Waals surface area contributed by atoms with Crippen LogP contribution in [0.2, 0.25) is 0 Å². The number of nitrogens with zero attached hydrogens (tertiary/aromatic N) is 2. The number of carbonyl (C=O) groups is 2. The third-order valence-electron chi connectivity index (χ3n) is 2.98. The van der Waals surface area contributed by atoms with E-state index in [0.29, 0.717) is 6.54 Å². The summed E-state index contributed by atoms with van der Waals surface area (Å²) < 4.78 is 0. The van der Waals surface area contributed by atoms with E-state index in [1.54, 1.807) is 22.3 Å². The Morgan fingerprint density at radius 3 is 2.52 bits per heavy atom. The summed E-state index contributed by atoms with van der Waals surface area (Å²) in [5, 5.41) is 10.9. The smallest absolute Gasteiger partial charge is 0.354 e. The summed E-state index contributed by atoms with van der Waals surface area (Å²) in [6.07, 6.45) is 0. The van der Waals surface area contributed by atoms with Crippen LogP contribution in [0.5, 0.6) is 0 Å². The van der Waals surface area contributed by atoms with Crippen molar-refractivity contribution in [2.24, 2.45) is 0 Å². The Kier molecular flexibility index (Phi) is 4.70. The Hall–Kier alpha value is -2.21. The van der Waals surface area contributed by atoms with Crippen LogP contribution < -0.4 is 0 Å². The molecule has 21 heavy (non-hydrogen) atoms. The van der Waals surface area contributed by atoms with E-state index < -0.39 is 5.97 Å². The highest BCUT2D eigenvalue weighted by molar-refractivity contribution is 7.09. The zero-order chi connectivity index (χ0) is 15.4. The molecule has 0 atom stereocenters. The molecule has 0 spiro atoms. The van der Waals surface area contributed by atoms with Gasteiger partial charge >= 0.3 is 5.97 Å². The first kappa shape index (κ1) is 15.2. The molecule has 110 valence electrons. The van der Waals surface area contributed by atoms with Crippen molar-refractivity contribution in [3.05, 3.63) is 52.0 Å². The van der Waals surface area contributed by atoms with Crippen molar-refractivity contribution in [1.29, 1.82) is 0 Å². The SMILES string of the molecule is CC(C)N(Cc1cccs1)C(=O)c1cccc(C(=O)O)n1. The van der Waals surface area contributed by atoms with Crippen molar-refractivity contribution in [2.75, 3.05) is 0 Å². The lowest BCUT2D eigenvalue weighted by atomic mass is 10.2. The molecule has 0 saturated carbocycles. The van der Waals surface area contributed by atoms with Crippen LogP contribution in [0.25, 0.3) is 0 Å². The number of pyridine rings is 1. The molecular formula is C15H16N2O3S. The Balaban J connectivity index is 2.26. The lowest BCUT2D eigenvalue weighted by Gasteiger charge is -2.26. The first-order valence-electron chi connectivity index (χ1n) is 6.52. The Bertz CT molecular complexity index is 638. The molecule has 0 bridgehead atoms. The van der Waals surface area contributed by atoms with Crippen molar-refractivity contribution in [1.82, 2.24) is 9.88 Å². The predicted octanol–water partition coefficient (Wildman–Crippen LogP) is 2.89. The first-order valence-corrected chi connectivity index (χ1v) is 7.40. The highest BCUT2D eigenvalue weighted by Crippen LogP contribution is 2.16. The second-order valence-corrected chi connectivity index (χ2v) is 5.85. The molecule has 5 nitrogen and oxygen atoms in total. The van der Waals surface area contributed by atoms with Crippen LogP contribution in [0.4, 0.5) is 0 Å². The van der Waals surface area contributed by atoms with Gasteiger partial charge in [0.2, 0.25) is 0 Å². The minimum atomic E-state index is -1.14. The molecule has 2 aromatic rings. The quantitative estimate of drug-likeness (QED) is 0.922. The Morgan fingerprint density at radius 2 is 1.95 bits per heavy atom. The molecule has 2 rings (SSSR count). The predicted molar refractivity (Wildman–Crippen MR) is 80.5 cm³/mol. The van der Waals surface area contributed by atoms with Crippen LogP contribution in [0.15, 0.2) is 35.7 Å². The van der Waals surface area contributed by atoms with E-state index in [1.165, 1.54) is 12.1 Å². The number of rotatable bonds is 5. The number of carbonyl (C=O) groups excluding carboxylic acids is 1. The molecular weight excluding hydrogens is 288 g/mol. The van der Waals surface area contributed by atoms with Crippen LogP contribution in [0, 0.1) is 0 Å². The van der Waals surface area contributed by atoms with Gasteiger partial charge in [-0.3, -0.25) is 4.79 Å². The average Bonchev–Trinajstić information content (AvgIpc) is 2.97. The van der Waals surface area contributed by atoms with Crippen LogP contribution in [0.1, 0.15) is 39.7 Å². The van der Waals surface area contributed by atoms with Gasteiger partial charge in [0, 0.05) is 10.9 Å². The van der Waals surface area contributed by atoms with E-state index in [9.17, 15) is 9.59 Å². The van der Waals surface area contributed by atoms with Crippen LogP contribution >= 0.6 is 11.3 Å². The number of carboxylic acid groups (broad SMARTS) is 1. The third kappa shape index (κ3) is 3.66. The molecule has 0 unspecified atom stereocenters.